The van der Waals surface area contributed by atoms with Gasteiger partial charge in [-0.25, -0.2) is 0 Å². The molecular weight excluding hydrogens is 244 g/mol. The second kappa shape index (κ2) is 7.58. The third-order valence-electron chi connectivity index (χ3n) is 2.85. The van der Waals surface area contributed by atoms with Gasteiger partial charge < -0.3 is 15.6 Å². The summed E-state index contributed by atoms with van der Waals surface area (Å²) in [5.41, 5.74) is 6.13. The molecule has 0 aliphatic carbocycles. The lowest BCUT2D eigenvalue weighted by Gasteiger charge is -2.20. The number of nitrogens with zero attached hydrogens (tertiary/aromatic N) is 2. The average Bonchev–Trinajstić information content (AvgIpc) is 2.38. The first kappa shape index (κ1) is 15.2. The van der Waals surface area contributed by atoms with Crippen LogP contribution in [-0.2, 0) is 11.3 Å². The van der Waals surface area contributed by atoms with E-state index in [4.69, 9.17) is 5.73 Å². The van der Waals surface area contributed by atoms with Gasteiger partial charge in [0.2, 0.25) is 5.91 Å². The summed E-state index contributed by atoms with van der Waals surface area (Å²) in [4.78, 5) is 25.1. The number of hydrogen-bond donors (Lipinski definition) is 2. The van der Waals surface area contributed by atoms with Crippen molar-refractivity contribution in [2.75, 3.05) is 31.9 Å². The molecule has 0 fully saturated rings. The van der Waals surface area contributed by atoms with E-state index < -0.39 is 0 Å². The number of aromatic nitrogens is 1. The molecule has 0 unspecified atom stereocenters. The minimum Gasteiger partial charge on any atom is -0.398 e. The molecule has 3 N–H and O–H groups in total. The van der Waals surface area contributed by atoms with E-state index in [1.807, 2.05) is 18.7 Å². The van der Waals surface area contributed by atoms with Crippen molar-refractivity contribution in [3.05, 3.63) is 28.7 Å². The van der Waals surface area contributed by atoms with Crippen LogP contribution in [0.1, 0.15) is 13.8 Å². The molecule has 19 heavy (non-hydrogen) atoms. The fourth-order valence-corrected chi connectivity index (χ4v) is 1.78. The number of hydrogen-bond acceptors (Lipinski definition) is 4. The first-order valence-electron chi connectivity index (χ1n) is 6.51. The van der Waals surface area contributed by atoms with Gasteiger partial charge in [-0.05, 0) is 19.5 Å². The van der Waals surface area contributed by atoms with E-state index >= 15 is 0 Å². The van der Waals surface area contributed by atoms with Gasteiger partial charge in [-0.3, -0.25) is 14.5 Å². The standard InChI is InChI=1S/C13H22N4O2/c1-3-15-12(18)10-16(4-2)7-8-17-9-11(14)5-6-13(17)19/h5-6,9H,3-4,7-8,10,14H2,1-2H3,(H,15,18). The van der Waals surface area contributed by atoms with Gasteiger partial charge in [0, 0.05) is 37.6 Å². The molecular formula is C13H22N4O2. The van der Waals surface area contributed by atoms with Gasteiger partial charge in [-0.2, -0.15) is 0 Å². The SMILES string of the molecule is CCNC(=O)CN(CC)CCn1cc(N)ccc1=O. The lowest BCUT2D eigenvalue weighted by Crippen LogP contribution is -2.39. The Morgan fingerprint density at radius 2 is 2.16 bits per heavy atom. The van der Waals surface area contributed by atoms with E-state index in [0.29, 0.717) is 31.9 Å². The highest BCUT2D eigenvalue weighted by atomic mass is 16.2. The van der Waals surface area contributed by atoms with Crippen molar-refractivity contribution in [2.45, 2.75) is 20.4 Å². The van der Waals surface area contributed by atoms with E-state index in [1.54, 1.807) is 16.8 Å². The number of amides is 1. The van der Waals surface area contributed by atoms with Crippen LogP contribution >= 0.6 is 0 Å². The van der Waals surface area contributed by atoms with Crippen molar-refractivity contribution in [1.82, 2.24) is 14.8 Å². The van der Waals surface area contributed by atoms with Gasteiger partial charge >= 0.3 is 0 Å². The van der Waals surface area contributed by atoms with Gasteiger partial charge in [0.25, 0.3) is 5.56 Å². The Balaban J connectivity index is 2.55. The first-order valence-corrected chi connectivity index (χ1v) is 6.51. The van der Waals surface area contributed by atoms with Crippen LogP contribution < -0.4 is 16.6 Å². The number of anilines is 1. The van der Waals surface area contributed by atoms with Gasteiger partial charge in [-0.1, -0.05) is 6.92 Å². The number of nitrogens with two attached hydrogens (primary N) is 1. The number of nitrogen functional groups attached to an aromatic ring is 1. The highest BCUT2D eigenvalue weighted by Gasteiger charge is 2.08. The number of pyridine rings is 1. The van der Waals surface area contributed by atoms with Gasteiger partial charge in [-0.15, -0.1) is 0 Å². The van der Waals surface area contributed by atoms with Crippen LogP contribution in [0.4, 0.5) is 5.69 Å². The maximum Gasteiger partial charge on any atom is 0.250 e. The predicted octanol–water partition coefficient (Wildman–Crippen LogP) is -0.111. The normalized spacial score (nSPS) is 10.7. The van der Waals surface area contributed by atoms with E-state index in [1.165, 1.54) is 6.07 Å². The Hall–Kier alpha value is -1.82. The van der Waals surface area contributed by atoms with Crippen LogP contribution in [0.3, 0.4) is 0 Å². The molecule has 0 aromatic carbocycles. The van der Waals surface area contributed by atoms with Crippen molar-refractivity contribution < 1.29 is 4.79 Å². The summed E-state index contributed by atoms with van der Waals surface area (Å²) >= 11 is 0. The lowest BCUT2D eigenvalue weighted by atomic mass is 10.4. The van der Waals surface area contributed by atoms with Crippen molar-refractivity contribution in [3.8, 4) is 0 Å². The molecule has 0 spiro atoms. The highest BCUT2D eigenvalue weighted by molar-refractivity contribution is 5.77. The van der Waals surface area contributed by atoms with Crippen LogP contribution in [0, 0.1) is 0 Å². The van der Waals surface area contributed by atoms with Gasteiger partial charge in [0.1, 0.15) is 0 Å². The highest BCUT2D eigenvalue weighted by Crippen LogP contribution is 1.97. The molecule has 1 amide bonds. The fourth-order valence-electron chi connectivity index (χ4n) is 1.78. The molecule has 106 valence electrons. The topological polar surface area (TPSA) is 80.4 Å². The second-order valence-corrected chi connectivity index (χ2v) is 4.32. The summed E-state index contributed by atoms with van der Waals surface area (Å²) in [5.74, 6) is 0.00396. The van der Waals surface area contributed by atoms with E-state index in [0.717, 1.165) is 6.54 Å². The summed E-state index contributed by atoms with van der Waals surface area (Å²) in [6.07, 6.45) is 1.63. The molecule has 1 rings (SSSR count). The molecule has 0 atom stereocenters. The van der Waals surface area contributed by atoms with Crippen LogP contribution in [0.5, 0.6) is 0 Å². The second-order valence-electron chi connectivity index (χ2n) is 4.32. The Morgan fingerprint density at radius 1 is 1.42 bits per heavy atom. The smallest absolute Gasteiger partial charge is 0.250 e. The summed E-state index contributed by atoms with van der Waals surface area (Å²) in [7, 11) is 0. The Bertz CT molecular complexity index is 470. The third kappa shape index (κ3) is 5.13. The summed E-state index contributed by atoms with van der Waals surface area (Å²) < 4.78 is 1.57. The molecule has 6 nitrogen and oxygen atoms in total. The largest absolute Gasteiger partial charge is 0.398 e. The van der Waals surface area contributed by atoms with Crippen molar-refractivity contribution in [3.63, 3.8) is 0 Å². The molecule has 0 saturated heterocycles. The molecule has 1 aromatic heterocycles. The van der Waals surface area contributed by atoms with Crippen LogP contribution in [0.25, 0.3) is 0 Å². The summed E-state index contributed by atoms with van der Waals surface area (Å²) in [6.45, 7) is 6.77. The summed E-state index contributed by atoms with van der Waals surface area (Å²) in [5, 5.41) is 2.76. The van der Waals surface area contributed by atoms with E-state index in [-0.39, 0.29) is 11.5 Å². The minimum atomic E-state index is -0.0803. The molecule has 1 aromatic rings. The quantitative estimate of drug-likeness (QED) is 0.721. The van der Waals surface area contributed by atoms with Crippen molar-refractivity contribution in [2.24, 2.45) is 0 Å². The predicted molar refractivity (Wildman–Crippen MR) is 75.9 cm³/mol. The zero-order chi connectivity index (χ0) is 14.3. The third-order valence-corrected chi connectivity index (χ3v) is 2.85. The molecule has 1 heterocycles. The van der Waals surface area contributed by atoms with Gasteiger partial charge in [0.05, 0.1) is 6.54 Å². The maximum atomic E-state index is 11.6. The first-order chi connectivity index (χ1) is 9.06. The fraction of sp³-hybridized carbons (Fsp3) is 0.538. The number of rotatable bonds is 7. The summed E-state index contributed by atoms with van der Waals surface area (Å²) in [6, 6.07) is 3.04. The Morgan fingerprint density at radius 3 is 2.79 bits per heavy atom. The van der Waals surface area contributed by atoms with Crippen molar-refractivity contribution in [1.29, 1.82) is 0 Å². The van der Waals surface area contributed by atoms with Crippen LogP contribution in [0.15, 0.2) is 23.1 Å². The number of carbonyl (C=O) groups is 1. The van der Waals surface area contributed by atoms with Crippen LogP contribution in [-0.4, -0.2) is 41.6 Å². The molecule has 0 aliphatic rings. The molecule has 0 aliphatic heterocycles. The van der Waals surface area contributed by atoms with Crippen LogP contribution in [0.2, 0.25) is 0 Å². The van der Waals surface area contributed by atoms with E-state index in [2.05, 4.69) is 5.32 Å². The molecule has 0 bridgehead atoms. The van der Waals surface area contributed by atoms with E-state index in [9.17, 15) is 9.59 Å². The Labute approximate surface area is 113 Å². The van der Waals surface area contributed by atoms with Gasteiger partial charge in [0.15, 0.2) is 0 Å². The number of nitrogens with one attached hydrogen (secondary N) is 1. The Kier molecular flexibility index (Phi) is 6.08. The molecule has 0 radical (unpaired) electrons. The molecule has 0 saturated carbocycles. The van der Waals surface area contributed by atoms with Crippen molar-refractivity contribution >= 4 is 11.6 Å². The zero-order valence-corrected chi connectivity index (χ0v) is 11.6. The number of likely N-dealkylation sites (N-methyl/N-ethyl adjacent to an activating group) is 2. The lowest BCUT2D eigenvalue weighted by molar-refractivity contribution is -0.122. The molecule has 6 heteroatoms. The maximum absolute atomic E-state index is 11.6. The minimum absolute atomic E-state index is 0.00396. The zero-order valence-electron chi connectivity index (χ0n) is 11.6. The average molecular weight is 266 g/mol. The number of carbonyl (C=O) groups excluding carboxylic acids is 1. The monoisotopic (exact) mass is 266 g/mol.